The van der Waals surface area contributed by atoms with Gasteiger partial charge in [-0.3, -0.25) is 0 Å². The van der Waals surface area contributed by atoms with Gasteiger partial charge in [0.25, 0.3) is 0 Å². The van der Waals surface area contributed by atoms with Crippen LogP contribution in [-0.4, -0.2) is 19.6 Å². The Balaban J connectivity index is 2.14. The Labute approximate surface area is 111 Å². The molecule has 0 spiro atoms. The van der Waals surface area contributed by atoms with Gasteiger partial charge in [0.2, 0.25) is 0 Å². The van der Waals surface area contributed by atoms with Crippen molar-refractivity contribution in [1.29, 1.82) is 0 Å². The molecule has 0 saturated heterocycles. The van der Waals surface area contributed by atoms with Crippen molar-refractivity contribution in [3.05, 3.63) is 29.3 Å². The number of methoxy groups -OCH3 is 1. The van der Waals surface area contributed by atoms with Crippen LogP contribution < -0.4 is 5.32 Å². The number of benzene rings is 1. The van der Waals surface area contributed by atoms with E-state index in [2.05, 4.69) is 17.0 Å². The van der Waals surface area contributed by atoms with Crippen molar-refractivity contribution in [3.63, 3.8) is 0 Å². The molecule has 19 heavy (non-hydrogen) atoms. The zero-order chi connectivity index (χ0) is 14.0. The van der Waals surface area contributed by atoms with E-state index in [1.165, 1.54) is 12.1 Å². The lowest BCUT2D eigenvalue weighted by Gasteiger charge is -2.15. The van der Waals surface area contributed by atoms with E-state index < -0.39 is 17.6 Å². The Morgan fingerprint density at radius 1 is 1.37 bits per heavy atom. The zero-order valence-corrected chi connectivity index (χ0v) is 11.1. The fourth-order valence-corrected chi connectivity index (χ4v) is 2.07. The number of hydrogen-bond donors (Lipinski definition) is 1. The Hall–Kier alpha value is -1.65. The third-order valence-corrected chi connectivity index (χ3v) is 3.85. The van der Waals surface area contributed by atoms with E-state index in [9.17, 15) is 13.6 Å². The van der Waals surface area contributed by atoms with Crippen LogP contribution in [0.1, 0.15) is 36.5 Å². The molecule has 3 nitrogen and oxygen atoms in total. The molecule has 0 aliphatic heterocycles. The highest BCUT2D eigenvalue weighted by Gasteiger charge is 2.40. The lowest BCUT2D eigenvalue weighted by Crippen LogP contribution is -2.16. The van der Waals surface area contributed by atoms with Gasteiger partial charge in [-0.05, 0) is 36.8 Å². The second-order valence-corrected chi connectivity index (χ2v) is 4.99. The van der Waals surface area contributed by atoms with Crippen molar-refractivity contribution in [2.75, 3.05) is 19.0 Å². The summed E-state index contributed by atoms with van der Waals surface area (Å²) in [6.45, 7) is 2.71. The van der Waals surface area contributed by atoms with Crippen LogP contribution in [0.2, 0.25) is 0 Å². The van der Waals surface area contributed by atoms with E-state index in [0.717, 1.165) is 26.4 Å². The van der Waals surface area contributed by atoms with Crippen LogP contribution in [0.15, 0.2) is 12.1 Å². The highest BCUT2D eigenvalue weighted by atomic mass is 19.2. The van der Waals surface area contributed by atoms with Crippen LogP contribution in [0.3, 0.4) is 0 Å². The molecule has 2 rings (SSSR count). The molecule has 0 radical (unpaired) electrons. The molecule has 0 bridgehead atoms. The first kappa shape index (κ1) is 13.8. The molecule has 0 atom stereocenters. The van der Waals surface area contributed by atoms with Crippen molar-refractivity contribution in [3.8, 4) is 0 Å². The molecule has 104 valence electrons. The molecule has 0 amide bonds. The minimum absolute atomic E-state index is 0.0879. The maximum absolute atomic E-state index is 13.8. The topological polar surface area (TPSA) is 38.3 Å². The van der Waals surface area contributed by atoms with Crippen LogP contribution >= 0.6 is 0 Å². The molecule has 1 aromatic rings. The van der Waals surface area contributed by atoms with Gasteiger partial charge in [0.05, 0.1) is 18.4 Å². The quantitative estimate of drug-likeness (QED) is 0.833. The van der Waals surface area contributed by atoms with Crippen molar-refractivity contribution in [2.45, 2.75) is 26.2 Å². The summed E-state index contributed by atoms with van der Waals surface area (Å²) in [6.07, 6.45) is 3.24. The molecule has 1 fully saturated rings. The van der Waals surface area contributed by atoms with Gasteiger partial charge in [-0.1, -0.05) is 6.92 Å². The molecule has 1 aliphatic carbocycles. The summed E-state index contributed by atoms with van der Waals surface area (Å²) in [6, 6.07) is 2.61. The summed E-state index contributed by atoms with van der Waals surface area (Å²) < 4.78 is 31.9. The number of halogens is 2. The predicted octanol–water partition coefficient (Wildman–Crippen LogP) is 3.35. The summed E-state index contributed by atoms with van der Waals surface area (Å²) >= 11 is 0. The van der Waals surface area contributed by atoms with E-state index in [0.29, 0.717) is 6.54 Å². The Kier molecular flexibility index (Phi) is 3.73. The van der Waals surface area contributed by atoms with Gasteiger partial charge in [-0.2, -0.15) is 0 Å². The first-order chi connectivity index (χ1) is 9.03. The summed E-state index contributed by atoms with van der Waals surface area (Å²) in [5.41, 5.74) is -0.0729. The number of carbonyl (C=O) groups is 1. The van der Waals surface area contributed by atoms with Gasteiger partial charge in [0, 0.05) is 6.54 Å². The predicted molar refractivity (Wildman–Crippen MR) is 68.1 cm³/mol. The van der Waals surface area contributed by atoms with Crippen molar-refractivity contribution in [2.24, 2.45) is 5.41 Å². The first-order valence-electron chi connectivity index (χ1n) is 6.33. The molecular formula is C14H17F2NO2. The van der Waals surface area contributed by atoms with E-state index in [4.69, 9.17) is 0 Å². The molecule has 1 aromatic carbocycles. The highest BCUT2D eigenvalue weighted by molar-refractivity contribution is 5.90. The van der Waals surface area contributed by atoms with Crippen molar-refractivity contribution >= 4 is 11.7 Å². The minimum atomic E-state index is -1.17. The van der Waals surface area contributed by atoms with Gasteiger partial charge < -0.3 is 10.1 Å². The lowest BCUT2D eigenvalue weighted by molar-refractivity contribution is 0.0594. The van der Waals surface area contributed by atoms with E-state index in [1.54, 1.807) is 0 Å². The monoisotopic (exact) mass is 269 g/mol. The molecule has 0 aromatic heterocycles. The smallest absolute Gasteiger partial charge is 0.340 e. The average molecular weight is 269 g/mol. The molecular weight excluding hydrogens is 252 g/mol. The van der Waals surface area contributed by atoms with Gasteiger partial charge in [-0.25, -0.2) is 13.6 Å². The Bertz CT molecular complexity index is 498. The normalized spacial score (nSPS) is 16.0. The number of hydrogen-bond acceptors (Lipinski definition) is 3. The summed E-state index contributed by atoms with van der Waals surface area (Å²) in [5.74, 6) is -3.08. The molecule has 5 heteroatoms. The van der Waals surface area contributed by atoms with Crippen LogP contribution in [0.4, 0.5) is 14.5 Å². The van der Waals surface area contributed by atoms with Gasteiger partial charge >= 0.3 is 5.97 Å². The van der Waals surface area contributed by atoms with Gasteiger partial charge in [0.15, 0.2) is 11.6 Å². The largest absolute Gasteiger partial charge is 0.465 e. The molecule has 1 N–H and O–H groups in total. The second kappa shape index (κ2) is 5.15. The maximum atomic E-state index is 13.8. The average Bonchev–Trinajstić information content (AvgIpc) is 3.20. The van der Waals surface area contributed by atoms with Crippen LogP contribution in [0.5, 0.6) is 0 Å². The van der Waals surface area contributed by atoms with Crippen molar-refractivity contribution in [1.82, 2.24) is 0 Å². The number of esters is 1. The van der Waals surface area contributed by atoms with Gasteiger partial charge in [0.1, 0.15) is 0 Å². The molecule has 1 aliphatic rings. The molecule has 0 unspecified atom stereocenters. The highest BCUT2D eigenvalue weighted by Crippen LogP contribution is 2.48. The van der Waals surface area contributed by atoms with Gasteiger partial charge in [-0.15, -0.1) is 0 Å². The Morgan fingerprint density at radius 3 is 2.58 bits per heavy atom. The molecule has 0 heterocycles. The van der Waals surface area contributed by atoms with E-state index >= 15 is 0 Å². The van der Waals surface area contributed by atoms with Crippen LogP contribution in [0, 0.1) is 17.0 Å². The number of anilines is 1. The maximum Gasteiger partial charge on any atom is 0.340 e. The number of carbonyl (C=O) groups excluding carboxylic acids is 1. The fraction of sp³-hybridized carbons (Fsp3) is 0.500. The van der Waals surface area contributed by atoms with E-state index in [-0.39, 0.29) is 16.7 Å². The van der Waals surface area contributed by atoms with Crippen LogP contribution in [0.25, 0.3) is 0 Å². The zero-order valence-electron chi connectivity index (χ0n) is 11.1. The second-order valence-electron chi connectivity index (χ2n) is 4.99. The van der Waals surface area contributed by atoms with Crippen molar-refractivity contribution < 1.29 is 18.3 Å². The number of ether oxygens (including phenoxy) is 1. The summed E-state index contributed by atoms with van der Waals surface area (Å²) in [4.78, 5) is 11.2. The standard InChI is InChI=1S/C14H17F2NO2/c1-3-14(6-7-14)8-17-10-5-4-9(13(18)19-2)11(15)12(10)16/h4-5,17H,3,6-8H2,1-2H3. The molecule has 1 saturated carbocycles. The first-order valence-corrected chi connectivity index (χ1v) is 6.33. The number of nitrogens with one attached hydrogen (secondary N) is 1. The van der Waals surface area contributed by atoms with Crippen LogP contribution in [-0.2, 0) is 4.74 Å². The SMILES string of the molecule is CCC1(CNc2ccc(C(=O)OC)c(F)c2F)CC1. The van der Waals surface area contributed by atoms with E-state index in [1.807, 2.05) is 0 Å². The third-order valence-electron chi connectivity index (χ3n) is 3.85. The Morgan fingerprint density at radius 2 is 2.05 bits per heavy atom. The summed E-state index contributed by atoms with van der Waals surface area (Å²) in [7, 11) is 1.13. The lowest BCUT2D eigenvalue weighted by atomic mass is 10.0. The third kappa shape index (κ3) is 2.69. The number of rotatable bonds is 5. The summed E-state index contributed by atoms with van der Waals surface area (Å²) in [5, 5.41) is 2.92. The fourth-order valence-electron chi connectivity index (χ4n) is 2.07. The minimum Gasteiger partial charge on any atom is -0.465 e.